The number of rotatable bonds is 5. The highest BCUT2D eigenvalue weighted by Crippen LogP contribution is 2.30. The Kier molecular flexibility index (Phi) is 5.17. The molecule has 0 saturated heterocycles. The monoisotopic (exact) mass is 399 g/mol. The van der Waals surface area contributed by atoms with E-state index in [0.717, 1.165) is 40.2 Å². The predicted octanol–water partition coefficient (Wildman–Crippen LogP) is 4.52. The maximum absolute atomic E-state index is 13.4. The maximum atomic E-state index is 13.4. The number of thiazole rings is 1. The van der Waals surface area contributed by atoms with E-state index in [4.69, 9.17) is 4.74 Å². The van der Waals surface area contributed by atoms with Gasteiger partial charge in [-0.2, -0.15) is 0 Å². The van der Waals surface area contributed by atoms with E-state index in [2.05, 4.69) is 15.6 Å². The van der Waals surface area contributed by atoms with Gasteiger partial charge < -0.3 is 15.4 Å². The Labute approximate surface area is 166 Å². The minimum Gasteiger partial charge on any atom is -0.496 e. The van der Waals surface area contributed by atoms with Crippen LogP contribution in [0.25, 0.3) is 10.2 Å². The van der Waals surface area contributed by atoms with Crippen LogP contribution in [0.5, 0.6) is 5.75 Å². The number of nitrogens with one attached hydrogen (secondary N) is 2. The lowest BCUT2D eigenvalue weighted by atomic mass is 10.1. The first kappa shape index (κ1) is 18.7. The van der Waals surface area contributed by atoms with Crippen LogP contribution in [-0.2, 0) is 0 Å². The summed E-state index contributed by atoms with van der Waals surface area (Å²) in [5.41, 5.74) is 2.33. The van der Waals surface area contributed by atoms with Crippen LogP contribution in [0.4, 0.5) is 9.52 Å². The molecule has 0 radical (unpaired) electrons. The summed E-state index contributed by atoms with van der Waals surface area (Å²) in [5.74, 6) is 0.172. The molecule has 1 saturated carbocycles. The second-order valence-electron chi connectivity index (χ2n) is 7.10. The van der Waals surface area contributed by atoms with Gasteiger partial charge in [-0.05, 0) is 56.5 Å². The van der Waals surface area contributed by atoms with Gasteiger partial charge >= 0.3 is 0 Å². The fourth-order valence-electron chi connectivity index (χ4n) is 3.67. The Morgan fingerprint density at radius 2 is 2.04 bits per heavy atom. The molecule has 4 rings (SSSR count). The van der Waals surface area contributed by atoms with Gasteiger partial charge in [-0.3, -0.25) is 4.79 Å². The number of carbonyl (C=O) groups excluding carboxylic acids is 1. The summed E-state index contributed by atoms with van der Waals surface area (Å²) >= 11 is 1.43. The van der Waals surface area contributed by atoms with E-state index in [-0.39, 0.29) is 23.8 Å². The van der Waals surface area contributed by atoms with Crippen molar-refractivity contribution in [2.45, 2.75) is 38.3 Å². The fraction of sp³-hybridized carbons (Fsp3) is 0.333. The van der Waals surface area contributed by atoms with Gasteiger partial charge in [-0.1, -0.05) is 23.0 Å². The van der Waals surface area contributed by atoms with Crippen molar-refractivity contribution in [2.24, 2.45) is 0 Å². The maximum Gasteiger partial charge on any atom is 0.255 e. The molecule has 5 nitrogen and oxygen atoms in total. The van der Waals surface area contributed by atoms with Gasteiger partial charge in [0.1, 0.15) is 11.6 Å². The molecule has 1 fully saturated rings. The number of fused-ring (bicyclic) bond motifs is 1. The molecule has 0 bridgehead atoms. The Balaban J connectivity index is 1.48. The van der Waals surface area contributed by atoms with Crippen molar-refractivity contribution in [2.75, 3.05) is 12.4 Å². The fourth-order valence-corrected chi connectivity index (χ4v) is 4.62. The summed E-state index contributed by atoms with van der Waals surface area (Å²) in [5, 5.41) is 7.33. The van der Waals surface area contributed by atoms with Crippen LogP contribution in [0.3, 0.4) is 0 Å². The van der Waals surface area contributed by atoms with E-state index in [1.54, 1.807) is 13.2 Å². The number of ether oxygens (including phenoxy) is 1. The van der Waals surface area contributed by atoms with E-state index in [1.165, 1.54) is 23.5 Å². The molecule has 146 valence electrons. The third-order valence-electron chi connectivity index (χ3n) is 5.09. The summed E-state index contributed by atoms with van der Waals surface area (Å²) < 4.78 is 19.6. The second kappa shape index (κ2) is 7.75. The number of benzene rings is 2. The normalized spacial score (nSPS) is 19.0. The summed E-state index contributed by atoms with van der Waals surface area (Å²) in [7, 11) is 1.57. The zero-order valence-electron chi connectivity index (χ0n) is 15.8. The number of anilines is 1. The average molecular weight is 399 g/mol. The molecule has 1 heterocycles. The summed E-state index contributed by atoms with van der Waals surface area (Å²) in [6, 6.07) is 10.3. The first-order valence-corrected chi connectivity index (χ1v) is 10.1. The van der Waals surface area contributed by atoms with Crippen molar-refractivity contribution >= 4 is 32.6 Å². The lowest BCUT2D eigenvalue weighted by Gasteiger charge is -2.22. The Morgan fingerprint density at radius 3 is 2.86 bits per heavy atom. The molecule has 1 aromatic heterocycles. The molecule has 28 heavy (non-hydrogen) atoms. The molecule has 7 heteroatoms. The first-order valence-electron chi connectivity index (χ1n) is 9.31. The van der Waals surface area contributed by atoms with Gasteiger partial charge in [0.15, 0.2) is 5.13 Å². The molecule has 0 aliphatic heterocycles. The third kappa shape index (κ3) is 3.80. The molecule has 3 aromatic rings. The summed E-state index contributed by atoms with van der Waals surface area (Å²) in [6.07, 6.45) is 2.87. The Hall–Kier alpha value is -2.67. The van der Waals surface area contributed by atoms with Gasteiger partial charge in [0, 0.05) is 12.1 Å². The number of halogens is 1. The zero-order chi connectivity index (χ0) is 19.7. The molecule has 1 aliphatic rings. The topological polar surface area (TPSA) is 63.2 Å². The van der Waals surface area contributed by atoms with Crippen molar-refractivity contribution in [1.82, 2.24) is 10.3 Å². The number of methoxy groups -OCH3 is 1. The van der Waals surface area contributed by atoms with Gasteiger partial charge in [-0.15, -0.1) is 0 Å². The number of hydrogen-bond acceptors (Lipinski definition) is 5. The van der Waals surface area contributed by atoms with Crippen molar-refractivity contribution in [1.29, 1.82) is 0 Å². The van der Waals surface area contributed by atoms with E-state index >= 15 is 0 Å². The van der Waals surface area contributed by atoms with E-state index in [1.807, 2.05) is 25.1 Å². The van der Waals surface area contributed by atoms with Crippen LogP contribution in [-0.4, -0.2) is 30.1 Å². The molecular formula is C21H22FN3O2S. The number of aryl methyl sites for hydroxylation is 1. The van der Waals surface area contributed by atoms with Crippen LogP contribution in [0.1, 0.15) is 35.2 Å². The SMILES string of the molecule is COc1ccc(C)cc1C(=O)N[C@@H]1CCC[C@H]1Nc1nc2ccc(F)cc2s1. The second-order valence-corrected chi connectivity index (χ2v) is 8.13. The van der Waals surface area contributed by atoms with Crippen molar-refractivity contribution < 1.29 is 13.9 Å². The molecular weight excluding hydrogens is 377 g/mol. The van der Waals surface area contributed by atoms with Gasteiger partial charge in [-0.25, -0.2) is 9.37 Å². The first-order chi connectivity index (χ1) is 13.5. The van der Waals surface area contributed by atoms with Crippen LogP contribution in [0.15, 0.2) is 36.4 Å². The molecule has 1 aliphatic carbocycles. The van der Waals surface area contributed by atoms with Gasteiger partial charge in [0.2, 0.25) is 0 Å². The number of amides is 1. The van der Waals surface area contributed by atoms with Gasteiger partial charge in [0.25, 0.3) is 5.91 Å². The zero-order valence-corrected chi connectivity index (χ0v) is 16.6. The molecule has 0 spiro atoms. The minimum absolute atomic E-state index is 0.00136. The van der Waals surface area contributed by atoms with E-state index in [9.17, 15) is 9.18 Å². The molecule has 2 atom stereocenters. The highest BCUT2D eigenvalue weighted by Gasteiger charge is 2.30. The molecule has 0 unspecified atom stereocenters. The number of nitrogens with zero attached hydrogens (tertiary/aromatic N) is 1. The lowest BCUT2D eigenvalue weighted by molar-refractivity contribution is 0.0932. The number of aromatic nitrogens is 1. The van der Waals surface area contributed by atoms with Crippen LogP contribution in [0, 0.1) is 12.7 Å². The summed E-state index contributed by atoms with van der Waals surface area (Å²) in [6.45, 7) is 1.95. The molecule has 2 N–H and O–H groups in total. The minimum atomic E-state index is -0.263. The van der Waals surface area contributed by atoms with Crippen molar-refractivity contribution in [3.63, 3.8) is 0 Å². The van der Waals surface area contributed by atoms with E-state index in [0.29, 0.717) is 11.3 Å². The largest absolute Gasteiger partial charge is 0.496 e. The molecule has 2 aromatic carbocycles. The van der Waals surface area contributed by atoms with Crippen LogP contribution < -0.4 is 15.4 Å². The van der Waals surface area contributed by atoms with Crippen LogP contribution in [0.2, 0.25) is 0 Å². The Bertz CT molecular complexity index is 1020. The Morgan fingerprint density at radius 1 is 1.21 bits per heavy atom. The average Bonchev–Trinajstić information content (AvgIpc) is 3.27. The van der Waals surface area contributed by atoms with Crippen LogP contribution >= 0.6 is 11.3 Å². The van der Waals surface area contributed by atoms with Gasteiger partial charge in [0.05, 0.1) is 22.9 Å². The standard InChI is InChI=1S/C21H22FN3O2S/c1-12-6-9-18(27-2)14(10-12)20(26)23-15-4-3-5-16(15)24-21-25-17-8-7-13(22)11-19(17)28-21/h6-11,15-16H,3-5H2,1-2H3,(H,23,26)(H,24,25)/t15-,16-/m1/s1. The lowest BCUT2D eigenvalue weighted by Crippen LogP contribution is -2.43. The smallest absolute Gasteiger partial charge is 0.255 e. The predicted molar refractivity (Wildman–Crippen MR) is 110 cm³/mol. The van der Waals surface area contributed by atoms with Crippen molar-refractivity contribution in [3.8, 4) is 5.75 Å². The van der Waals surface area contributed by atoms with E-state index < -0.39 is 0 Å². The quantitative estimate of drug-likeness (QED) is 0.662. The van der Waals surface area contributed by atoms with Crippen molar-refractivity contribution in [3.05, 3.63) is 53.3 Å². The highest BCUT2D eigenvalue weighted by atomic mass is 32.1. The molecule has 1 amide bonds. The summed E-state index contributed by atoms with van der Waals surface area (Å²) in [4.78, 5) is 17.4. The number of hydrogen-bond donors (Lipinski definition) is 2. The number of carbonyl (C=O) groups is 1. The highest BCUT2D eigenvalue weighted by molar-refractivity contribution is 7.22. The third-order valence-corrected chi connectivity index (χ3v) is 6.04.